The molecule has 0 spiro atoms. The Labute approximate surface area is 160 Å². The summed E-state index contributed by atoms with van der Waals surface area (Å²) in [5.74, 6) is -0.104. The molecule has 1 aromatic carbocycles. The second-order valence-electron chi connectivity index (χ2n) is 7.54. The van der Waals surface area contributed by atoms with E-state index in [1.807, 2.05) is 17.7 Å². The van der Waals surface area contributed by atoms with Crippen LogP contribution >= 0.6 is 0 Å². The van der Waals surface area contributed by atoms with E-state index in [0.717, 1.165) is 57.6 Å². The number of para-hydroxylation sites is 1. The molecule has 2 aromatic rings. The van der Waals surface area contributed by atoms with Gasteiger partial charge in [-0.25, -0.2) is 4.68 Å². The number of hydrogen-bond acceptors (Lipinski definition) is 5. The summed E-state index contributed by atoms with van der Waals surface area (Å²) in [6.45, 7) is 5.79. The fourth-order valence-electron chi connectivity index (χ4n) is 4.17. The highest BCUT2D eigenvalue weighted by molar-refractivity contribution is 5.93. The van der Waals surface area contributed by atoms with Gasteiger partial charge in [-0.15, -0.1) is 5.10 Å². The standard InChI is InChI=1S/C20H28N6O/c1-15-19(23-24-26(15)18-9-11-21-12-10-18)20(27)22-16-6-5-13-25(14-16)17-7-3-2-4-8-17/h2-4,7-8,16,18,21H,5-6,9-14H2,1H3,(H,22,27). The summed E-state index contributed by atoms with van der Waals surface area (Å²) in [6, 6.07) is 10.9. The molecule has 0 bridgehead atoms. The van der Waals surface area contributed by atoms with E-state index in [1.165, 1.54) is 5.69 Å². The first-order valence-electron chi connectivity index (χ1n) is 9.96. The molecule has 0 radical (unpaired) electrons. The van der Waals surface area contributed by atoms with E-state index in [9.17, 15) is 4.79 Å². The number of anilines is 1. The molecule has 2 aliphatic rings. The Morgan fingerprint density at radius 2 is 1.96 bits per heavy atom. The van der Waals surface area contributed by atoms with Gasteiger partial charge in [-0.1, -0.05) is 23.4 Å². The summed E-state index contributed by atoms with van der Waals surface area (Å²) in [4.78, 5) is 15.2. The molecule has 1 aromatic heterocycles. The predicted octanol–water partition coefficient (Wildman–Crippen LogP) is 1.91. The summed E-state index contributed by atoms with van der Waals surface area (Å²) in [6.07, 6.45) is 4.12. The molecule has 27 heavy (non-hydrogen) atoms. The van der Waals surface area contributed by atoms with E-state index in [1.54, 1.807) is 0 Å². The molecule has 7 heteroatoms. The maximum Gasteiger partial charge on any atom is 0.274 e. The number of aromatic nitrogens is 3. The highest BCUT2D eigenvalue weighted by Gasteiger charge is 2.26. The molecule has 4 rings (SSSR count). The number of piperidine rings is 2. The van der Waals surface area contributed by atoms with Gasteiger partial charge in [0.1, 0.15) is 0 Å². The maximum atomic E-state index is 12.8. The van der Waals surface area contributed by atoms with Gasteiger partial charge in [-0.05, 0) is 57.8 Å². The van der Waals surface area contributed by atoms with Crippen LogP contribution < -0.4 is 15.5 Å². The fraction of sp³-hybridized carbons (Fsp3) is 0.550. The van der Waals surface area contributed by atoms with Crippen molar-refractivity contribution in [2.75, 3.05) is 31.1 Å². The lowest BCUT2D eigenvalue weighted by molar-refractivity contribution is 0.0927. The summed E-state index contributed by atoms with van der Waals surface area (Å²) < 4.78 is 1.94. The van der Waals surface area contributed by atoms with Crippen LogP contribution in [0, 0.1) is 6.92 Å². The summed E-state index contributed by atoms with van der Waals surface area (Å²) in [5.41, 5.74) is 2.55. The van der Waals surface area contributed by atoms with Gasteiger partial charge >= 0.3 is 0 Å². The second kappa shape index (κ2) is 8.08. The lowest BCUT2D eigenvalue weighted by atomic mass is 10.0. The molecule has 1 amide bonds. The van der Waals surface area contributed by atoms with Crippen molar-refractivity contribution >= 4 is 11.6 Å². The molecule has 1 atom stereocenters. The number of benzene rings is 1. The van der Waals surface area contributed by atoms with Crippen LogP contribution in [0.5, 0.6) is 0 Å². The molecule has 1 unspecified atom stereocenters. The van der Waals surface area contributed by atoms with Crippen LogP contribution in [0.1, 0.15) is 47.9 Å². The Balaban J connectivity index is 1.41. The van der Waals surface area contributed by atoms with E-state index >= 15 is 0 Å². The Kier molecular flexibility index (Phi) is 5.38. The predicted molar refractivity (Wildman–Crippen MR) is 105 cm³/mol. The number of amides is 1. The molecule has 0 saturated carbocycles. The smallest absolute Gasteiger partial charge is 0.274 e. The zero-order chi connectivity index (χ0) is 18.6. The van der Waals surface area contributed by atoms with E-state index in [-0.39, 0.29) is 11.9 Å². The summed E-state index contributed by atoms with van der Waals surface area (Å²) in [7, 11) is 0. The number of nitrogens with zero attached hydrogens (tertiary/aromatic N) is 4. The monoisotopic (exact) mass is 368 g/mol. The van der Waals surface area contributed by atoms with Gasteiger partial charge in [0, 0.05) is 24.8 Å². The Morgan fingerprint density at radius 3 is 2.74 bits per heavy atom. The number of carbonyl (C=O) groups is 1. The van der Waals surface area contributed by atoms with Crippen LogP contribution in [0.4, 0.5) is 5.69 Å². The first-order valence-corrected chi connectivity index (χ1v) is 9.96. The molecule has 3 heterocycles. The molecule has 0 aliphatic carbocycles. The van der Waals surface area contributed by atoms with E-state index in [4.69, 9.17) is 0 Å². The molecular weight excluding hydrogens is 340 g/mol. The maximum absolute atomic E-state index is 12.8. The quantitative estimate of drug-likeness (QED) is 0.862. The third kappa shape index (κ3) is 3.98. The highest BCUT2D eigenvalue weighted by Crippen LogP contribution is 2.22. The molecule has 2 saturated heterocycles. The third-order valence-electron chi connectivity index (χ3n) is 5.68. The van der Waals surface area contributed by atoms with Crippen molar-refractivity contribution in [2.24, 2.45) is 0 Å². The third-order valence-corrected chi connectivity index (χ3v) is 5.68. The Morgan fingerprint density at radius 1 is 1.19 bits per heavy atom. The molecule has 2 aliphatic heterocycles. The van der Waals surface area contributed by atoms with Crippen molar-refractivity contribution in [3.05, 3.63) is 41.7 Å². The molecule has 2 fully saturated rings. The van der Waals surface area contributed by atoms with Crippen LogP contribution in [-0.2, 0) is 0 Å². The van der Waals surface area contributed by atoms with E-state index in [0.29, 0.717) is 11.7 Å². The summed E-state index contributed by atoms with van der Waals surface area (Å²) >= 11 is 0. The number of rotatable bonds is 4. The normalized spacial score (nSPS) is 21.2. The van der Waals surface area contributed by atoms with Crippen LogP contribution in [0.2, 0.25) is 0 Å². The van der Waals surface area contributed by atoms with Crippen molar-refractivity contribution in [3.8, 4) is 0 Å². The molecule has 144 valence electrons. The minimum Gasteiger partial charge on any atom is -0.369 e. The van der Waals surface area contributed by atoms with Gasteiger partial charge in [0.2, 0.25) is 0 Å². The second-order valence-corrected chi connectivity index (χ2v) is 7.54. The Hall–Kier alpha value is -2.41. The van der Waals surface area contributed by atoms with Gasteiger partial charge in [-0.3, -0.25) is 4.79 Å². The van der Waals surface area contributed by atoms with Crippen molar-refractivity contribution in [1.82, 2.24) is 25.6 Å². The highest BCUT2D eigenvalue weighted by atomic mass is 16.2. The zero-order valence-electron chi connectivity index (χ0n) is 15.9. The van der Waals surface area contributed by atoms with E-state index < -0.39 is 0 Å². The van der Waals surface area contributed by atoms with Gasteiger partial charge < -0.3 is 15.5 Å². The zero-order valence-corrected chi connectivity index (χ0v) is 15.9. The number of nitrogens with one attached hydrogen (secondary N) is 2. The molecular formula is C20H28N6O. The fourth-order valence-corrected chi connectivity index (χ4v) is 4.17. The van der Waals surface area contributed by atoms with E-state index in [2.05, 4.69) is 50.1 Å². The first-order chi connectivity index (χ1) is 13.2. The van der Waals surface area contributed by atoms with Crippen LogP contribution in [-0.4, -0.2) is 53.1 Å². The first kappa shape index (κ1) is 18.0. The average molecular weight is 368 g/mol. The largest absolute Gasteiger partial charge is 0.369 e. The SMILES string of the molecule is Cc1c(C(=O)NC2CCCN(c3ccccc3)C2)nnn1C1CCNCC1. The van der Waals surface area contributed by atoms with Gasteiger partial charge in [0.05, 0.1) is 11.7 Å². The van der Waals surface area contributed by atoms with Gasteiger partial charge in [0.25, 0.3) is 5.91 Å². The molecule has 7 nitrogen and oxygen atoms in total. The van der Waals surface area contributed by atoms with Gasteiger partial charge in [0.15, 0.2) is 5.69 Å². The number of carbonyl (C=O) groups excluding carboxylic acids is 1. The summed E-state index contributed by atoms with van der Waals surface area (Å²) in [5, 5.41) is 15.0. The van der Waals surface area contributed by atoms with Crippen molar-refractivity contribution < 1.29 is 4.79 Å². The van der Waals surface area contributed by atoms with Crippen LogP contribution in [0.3, 0.4) is 0 Å². The van der Waals surface area contributed by atoms with Crippen LogP contribution in [0.15, 0.2) is 30.3 Å². The lowest BCUT2D eigenvalue weighted by Crippen LogP contribution is -2.48. The number of hydrogen-bond donors (Lipinski definition) is 2. The van der Waals surface area contributed by atoms with Crippen molar-refractivity contribution in [2.45, 2.75) is 44.7 Å². The van der Waals surface area contributed by atoms with Crippen molar-refractivity contribution in [3.63, 3.8) is 0 Å². The topological polar surface area (TPSA) is 75.1 Å². The minimum atomic E-state index is -0.104. The van der Waals surface area contributed by atoms with Gasteiger partial charge in [-0.2, -0.15) is 0 Å². The van der Waals surface area contributed by atoms with Crippen LogP contribution in [0.25, 0.3) is 0 Å². The lowest BCUT2D eigenvalue weighted by Gasteiger charge is -2.34. The van der Waals surface area contributed by atoms with Crippen molar-refractivity contribution in [1.29, 1.82) is 0 Å². The average Bonchev–Trinajstić information content (AvgIpc) is 3.11. The Bertz CT molecular complexity index is 768. The molecule has 2 N–H and O–H groups in total. The minimum absolute atomic E-state index is 0.104.